The van der Waals surface area contributed by atoms with Crippen LogP contribution < -0.4 is 11.2 Å². The molecule has 2 unspecified atom stereocenters. The summed E-state index contributed by atoms with van der Waals surface area (Å²) in [7, 11) is -2.24. The molecule has 180 valence electrons. The fourth-order valence-electron chi connectivity index (χ4n) is 3.13. The van der Waals surface area contributed by atoms with Gasteiger partial charge in [0.2, 0.25) is 0 Å². The van der Waals surface area contributed by atoms with Gasteiger partial charge in [-0.15, -0.1) is 0 Å². The van der Waals surface area contributed by atoms with Gasteiger partial charge in [0.05, 0.1) is 13.0 Å². The highest BCUT2D eigenvalue weighted by molar-refractivity contribution is 6.74. The minimum absolute atomic E-state index is 0.0244. The van der Waals surface area contributed by atoms with Crippen molar-refractivity contribution >= 4 is 20.1 Å². The number of alkyl halides is 1. The first-order chi connectivity index (χ1) is 14.6. The third kappa shape index (κ3) is 5.81. The van der Waals surface area contributed by atoms with Gasteiger partial charge in [-0.1, -0.05) is 20.8 Å². The Balaban J connectivity index is 2.34. The molecular weight excluding hydrogens is 439 g/mol. The Kier molecular flexibility index (Phi) is 7.68. The number of aromatic nitrogens is 2. The molecule has 4 atom stereocenters. The van der Waals surface area contributed by atoms with E-state index in [1.54, 1.807) is 0 Å². The Morgan fingerprint density at radius 3 is 2.44 bits per heavy atom. The van der Waals surface area contributed by atoms with Gasteiger partial charge in [0.15, 0.2) is 26.3 Å². The molecule has 1 N–H and O–H groups in total. The number of carbonyl (C=O) groups excluding carboxylic acids is 2. The summed E-state index contributed by atoms with van der Waals surface area (Å²) in [6.07, 6.45) is -2.91. The Labute approximate surface area is 187 Å². The summed E-state index contributed by atoms with van der Waals surface area (Å²) in [5, 5.41) is -0.118. The van der Waals surface area contributed by atoms with E-state index in [9.17, 15) is 19.2 Å². The predicted octanol–water partition coefficient (Wildman–Crippen LogP) is 2.46. The molecular formula is C21H33FN2O7Si. The molecule has 0 aliphatic carbocycles. The van der Waals surface area contributed by atoms with E-state index in [0.717, 1.165) is 16.8 Å². The Morgan fingerprint density at radius 1 is 1.28 bits per heavy atom. The van der Waals surface area contributed by atoms with Crippen LogP contribution in [0.3, 0.4) is 0 Å². The monoisotopic (exact) mass is 472 g/mol. The van der Waals surface area contributed by atoms with Crippen molar-refractivity contribution in [3.63, 3.8) is 0 Å². The van der Waals surface area contributed by atoms with Crippen LogP contribution in [0.2, 0.25) is 18.1 Å². The van der Waals surface area contributed by atoms with Crippen LogP contribution in [0, 0.1) is 0 Å². The van der Waals surface area contributed by atoms with Gasteiger partial charge in [0, 0.05) is 18.7 Å². The second-order valence-corrected chi connectivity index (χ2v) is 14.7. The zero-order valence-corrected chi connectivity index (χ0v) is 20.7. The molecule has 0 spiro atoms. The molecule has 1 aromatic rings. The van der Waals surface area contributed by atoms with E-state index in [0.29, 0.717) is 0 Å². The van der Waals surface area contributed by atoms with Gasteiger partial charge in [-0.25, -0.2) is 9.18 Å². The van der Waals surface area contributed by atoms with E-state index in [1.165, 1.54) is 13.8 Å². The molecule has 0 aromatic carbocycles. The number of carbonyl (C=O) groups is 2. The molecule has 1 fully saturated rings. The number of H-pyrrole nitrogens is 1. The number of esters is 1. The average molecular weight is 473 g/mol. The smallest absolute Gasteiger partial charge is 0.330 e. The highest BCUT2D eigenvalue weighted by atomic mass is 28.4. The summed E-state index contributed by atoms with van der Waals surface area (Å²) in [5.41, 5.74) is -3.79. The number of rotatable bonds is 8. The van der Waals surface area contributed by atoms with Crippen LogP contribution in [-0.2, 0) is 23.5 Å². The van der Waals surface area contributed by atoms with E-state index in [1.807, 2.05) is 13.1 Å². The number of Topliss-reactive ketones (excluding diaryl/α,β-unsaturated/α-hetero) is 1. The maximum Gasteiger partial charge on any atom is 0.330 e. The average Bonchev–Trinajstić information content (AvgIpc) is 2.88. The lowest BCUT2D eigenvalue weighted by Crippen LogP contribution is -2.48. The lowest BCUT2D eigenvalue weighted by molar-refractivity contribution is -0.158. The van der Waals surface area contributed by atoms with Gasteiger partial charge >= 0.3 is 11.7 Å². The quantitative estimate of drug-likeness (QED) is 0.456. The second-order valence-electron chi connectivity index (χ2n) is 9.88. The normalized spacial score (nSPS) is 26.2. The van der Waals surface area contributed by atoms with Gasteiger partial charge in [-0.3, -0.25) is 19.1 Å². The van der Waals surface area contributed by atoms with Crippen LogP contribution in [0.5, 0.6) is 0 Å². The number of nitrogens with zero attached hydrogens (tertiary/aromatic N) is 1. The Morgan fingerprint density at radius 2 is 1.91 bits per heavy atom. The van der Waals surface area contributed by atoms with Crippen molar-refractivity contribution < 1.29 is 27.9 Å². The summed E-state index contributed by atoms with van der Waals surface area (Å²) >= 11 is 0. The van der Waals surface area contributed by atoms with Gasteiger partial charge in [-0.2, -0.15) is 0 Å². The molecule has 1 aliphatic rings. The minimum atomic E-state index is -2.31. The zero-order chi connectivity index (χ0) is 24.5. The lowest BCUT2D eigenvalue weighted by Gasteiger charge is -2.37. The number of hydrogen-bond donors (Lipinski definition) is 1. The molecule has 1 aliphatic heterocycles. The number of nitrogens with one attached hydrogen (secondary N) is 1. The van der Waals surface area contributed by atoms with Crippen molar-refractivity contribution in [3.8, 4) is 0 Å². The fourth-order valence-corrected chi connectivity index (χ4v) is 4.14. The first-order valence-electron chi connectivity index (χ1n) is 10.5. The molecule has 0 radical (unpaired) electrons. The van der Waals surface area contributed by atoms with E-state index in [4.69, 9.17) is 13.9 Å². The van der Waals surface area contributed by atoms with Crippen molar-refractivity contribution in [2.45, 2.75) is 89.7 Å². The van der Waals surface area contributed by atoms with Gasteiger partial charge in [0.1, 0.15) is 11.9 Å². The molecule has 2 rings (SSSR count). The van der Waals surface area contributed by atoms with Crippen LogP contribution in [-0.4, -0.2) is 54.1 Å². The summed E-state index contributed by atoms with van der Waals surface area (Å²) in [6, 6.07) is 1.08. The Hall–Kier alpha value is -2.11. The lowest BCUT2D eigenvalue weighted by atomic mass is 9.98. The number of hydrogen-bond acceptors (Lipinski definition) is 7. The zero-order valence-electron chi connectivity index (χ0n) is 19.7. The number of aromatic amines is 1. The van der Waals surface area contributed by atoms with Gasteiger partial charge in [-0.05, 0) is 32.0 Å². The van der Waals surface area contributed by atoms with E-state index < -0.39 is 49.6 Å². The molecule has 0 saturated carbocycles. The maximum atomic E-state index is 16.0. The summed E-state index contributed by atoms with van der Waals surface area (Å²) in [5.74, 6) is -0.937. The third-order valence-electron chi connectivity index (χ3n) is 6.14. The molecule has 0 amide bonds. The molecule has 1 aromatic heterocycles. The van der Waals surface area contributed by atoms with Gasteiger partial charge < -0.3 is 18.7 Å². The number of ether oxygens (including phenoxy) is 2. The molecule has 0 bridgehead atoms. The van der Waals surface area contributed by atoms with Crippen LogP contribution >= 0.6 is 0 Å². The van der Waals surface area contributed by atoms with E-state index in [2.05, 4.69) is 25.8 Å². The second kappa shape index (κ2) is 9.40. The van der Waals surface area contributed by atoms with Crippen molar-refractivity contribution in [1.29, 1.82) is 0 Å². The standard InChI is InChI=1S/C21H33FN2O7Si/c1-13(25)8-9-16(27)31-17-14(12-29-32(6,7)20(2,3)4)30-18(21(17,5)22)24-11-10-15(26)23-19(24)28/h10-11,14,17-18H,8-9,12H2,1-7H3,(H,23,26,28)/t14?,17-,18?,21-/m1/s1. The molecule has 32 heavy (non-hydrogen) atoms. The predicted molar refractivity (Wildman–Crippen MR) is 118 cm³/mol. The highest BCUT2D eigenvalue weighted by Gasteiger charge is 2.58. The van der Waals surface area contributed by atoms with Crippen LogP contribution in [0.15, 0.2) is 21.9 Å². The van der Waals surface area contributed by atoms with E-state index in [-0.39, 0.29) is 30.3 Å². The van der Waals surface area contributed by atoms with Crippen molar-refractivity contribution in [2.75, 3.05) is 6.61 Å². The third-order valence-corrected chi connectivity index (χ3v) is 10.6. The molecule has 9 nitrogen and oxygen atoms in total. The first kappa shape index (κ1) is 26.1. The highest BCUT2D eigenvalue weighted by Crippen LogP contribution is 2.44. The van der Waals surface area contributed by atoms with Crippen molar-refractivity contribution in [1.82, 2.24) is 9.55 Å². The molecule has 1 saturated heterocycles. The number of ketones is 1. The SMILES string of the molecule is CC(=O)CCC(=O)O[C@@H]1C(CO[Si](C)(C)C(C)(C)C)OC(n2ccc(=O)[nH]c2=O)[C@]1(C)F. The summed E-state index contributed by atoms with van der Waals surface area (Å²) < 4.78 is 34.4. The van der Waals surface area contributed by atoms with Crippen molar-refractivity contribution in [3.05, 3.63) is 33.1 Å². The van der Waals surface area contributed by atoms with Gasteiger partial charge in [0.25, 0.3) is 5.56 Å². The summed E-state index contributed by atoms with van der Waals surface area (Å²) in [4.78, 5) is 49.3. The minimum Gasteiger partial charge on any atom is -0.456 e. The summed E-state index contributed by atoms with van der Waals surface area (Å²) in [6.45, 7) is 12.7. The molecule has 2 heterocycles. The maximum absolute atomic E-state index is 16.0. The largest absolute Gasteiger partial charge is 0.456 e. The molecule has 11 heteroatoms. The van der Waals surface area contributed by atoms with Crippen LogP contribution in [0.4, 0.5) is 4.39 Å². The number of halogens is 1. The first-order valence-corrected chi connectivity index (χ1v) is 13.5. The fraction of sp³-hybridized carbons (Fsp3) is 0.714. The van der Waals surface area contributed by atoms with E-state index >= 15 is 4.39 Å². The Bertz CT molecular complexity index is 964. The topological polar surface area (TPSA) is 117 Å². The van der Waals surface area contributed by atoms with Crippen molar-refractivity contribution in [2.24, 2.45) is 0 Å². The van der Waals surface area contributed by atoms with Crippen LogP contribution in [0.1, 0.15) is 53.7 Å². The van der Waals surface area contributed by atoms with Crippen LogP contribution in [0.25, 0.3) is 0 Å².